The normalized spacial score (nSPS) is 11.7. The fraction of sp³-hybridized carbons (Fsp3) is 0.538. The molecule has 0 bridgehead atoms. The third-order valence-corrected chi connectivity index (χ3v) is 9.87. The molecule has 0 fully saturated rings. The Balaban J connectivity index is 0.000000353. The first-order valence-electron chi connectivity index (χ1n) is 16.4. The van der Waals surface area contributed by atoms with Crippen molar-refractivity contribution in [2.75, 3.05) is 27.4 Å². The molecule has 6 nitrogen and oxygen atoms in total. The third-order valence-electron chi connectivity index (χ3n) is 7.56. The van der Waals surface area contributed by atoms with E-state index in [9.17, 15) is 17.9 Å². The first-order chi connectivity index (χ1) is 21.7. The van der Waals surface area contributed by atoms with Crippen molar-refractivity contribution in [1.29, 1.82) is 0 Å². The highest BCUT2D eigenvalue weighted by Gasteiger charge is 2.21. The molecule has 0 aliphatic carbocycles. The Morgan fingerprint density at radius 3 is 1.70 bits per heavy atom. The van der Waals surface area contributed by atoms with E-state index in [0.717, 1.165) is 22.6 Å². The number of rotatable bonds is 12. The Kier molecular flexibility index (Phi) is 17.2. The second-order valence-electron chi connectivity index (χ2n) is 13.7. The van der Waals surface area contributed by atoms with E-state index in [0.29, 0.717) is 47.8 Å². The first-order valence-corrected chi connectivity index (χ1v) is 17.9. The second-order valence-corrected chi connectivity index (χ2v) is 16.1. The van der Waals surface area contributed by atoms with Gasteiger partial charge in [-0.15, -0.1) is 0 Å². The molecular formula is C39H59FO6S. The number of benzene rings is 3. The van der Waals surface area contributed by atoms with Crippen molar-refractivity contribution >= 4 is 9.84 Å². The first kappa shape index (κ1) is 42.1. The third kappa shape index (κ3) is 14.0. The van der Waals surface area contributed by atoms with Gasteiger partial charge in [0.05, 0.1) is 29.5 Å². The smallest absolute Gasteiger partial charge is 0.180 e. The fourth-order valence-corrected chi connectivity index (χ4v) is 5.81. The molecule has 0 radical (unpaired) electrons. The lowest BCUT2D eigenvalue weighted by atomic mass is 9.95. The predicted molar refractivity (Wildman–Crippen MR) is 193 cm³/mol. The minimum atomic E-state index is -3.15. The molecule has 264 valence electrons. The molecule has 0 amide bonds. The number of sulfone groups is 1. The lowest BCUT2D eigenvalue weighted by molar-refractivity contribution is 0.0800. The summed E-state index contributed by atoms with van der Waals surface area (Å²) >= 11 is 0. The summed E-state index contributed by atoms with van der Waals surface area (Å²) in [5.41, 5.74) is 3.98. The van der Waals surface area contributed by atoms with Crippen LogP contribution in [0.4, 0.5) is 4.39 Å². The second kappa shape index (κ2) is 19.2. The molecule has 0 saturated carbocycles. The Morgan fingerprint density at radius 2 is 1.26 bits per heavy atom. The summed E-state index contributed by atoms with van der Waals surface area (Å²) in [4.78, 5) is 0.465. The van der Waals surface area contributed by atoms with Gasteiger partial charge >= 0.3 is 0 Å². The quantitative estimate of drug-likeness (QED) is 0.193. The van der Waals surface area contributed by atoms with Gasteiger partial charge in [-0.3, -0.25) is 0 Å². The number of hydrogen-bond acceptors (Lipinski definition) is 6. The molecule has 0 atom stereocenters. The van der Waals surface area contributed by atoms with Gasteiger partial charge in [0.25, 0.3) is 0 Å². The molecule has 3 rings (SSSR count). The van der Waals surface area contributed by atoms with E-state index < -0.39 is 15.4 Å². The van der Waals surface area contributed by atoms with Crippen LogP contribution < -0.4 is 9.47 Å². The van der Waals surface area contributed by atoms with Crippen LogP contribution in [0, 0.1) is 12.7 Å². The van der Waals surface area contributed by atoms with Crippen molar-refractivity contribution < 1.29 is 32.1 Å². The summed E-state index contributed by atoms with van der Waals surface area (Å²) in [6.45, 7) is 22.3. The van der Waals surface area contributed by atoms with Gasteiger partial charge in [-0.1, -0.05) is 71.9 Å². The Hall–Kier alpha value is -2.94. The molecule has 0 saturated heterocycles. The highest BCUT2D eigenvalue weighted by Crippen LogP contribution is 2.31. The van der Waals surface area contributed by atoms with Gasteiger partial charge in [-0.2, -0.15) is 0 Å². The van der Waals surface area contributed by atoms with Crippen LogP contribution >= 0.6 is 0 Å². The SMILES string of the molecule is CC(C)c1ccc(CC(C)(C)O)c(F)c1.COCCOc1ccc(C(C)C)cc1OC.Cc1cc(C(C)C)ccc1S(=O)(=O)C(C)C. The molecule has 3 aromatic rings. The van der Waals surface area contributed by atoms with E-state index in [1.807, 2.05) is 51.1 Å². The number of aliphatic hydroxyl groups is 1. The van der Waals surface area contributed by atoms with Gasteiger partial charge in [0.1, 0.15) is 12.4 Å². The highest BCUT2D eigenvalue weighted by atomic mass is 32.2. The molecule has 0 aliphatic heterocycles. The summed E-state index contributed by atoms with van der Waals surface area (Å²) in [7, 11) is 0.161. The van der Waals surface area contributed by atoms with E-state index in [1.165, 1.54) is 11.1 Å². The summed E-state index contributed by atoms with van der Waals surface area (Å²) in [6.07, 6.45) is 0.344. The zero-order chi connectivity index (χ0) is 36.1. The van der Waals surface area contributed by atoms with Crippen LogP contribution in [0.1, 0.15) is 115 Å². The van der Waals surface area contributed by atoms with Gasteiger partial charge in [0, 0.05) is 13.5 Å². The molecule has 0 heterocycles. The Labute approximate surface area is 284 Å². The summed E-state index contributed by atoms with van der Waals surface area (Å²) in [6, 6.07) is 16.9. The average molecular weight is 675 g/mol. The van der Waals surface area contributed by atoms with Crippen molar-refractivity contribution in [3.05, 3.63) is 88.2 Å². The summed E-state index contributed by atoms with van der Waals surface area (Å²) < 4.78 is 53.5. The molecule has 0 aliphatic rings. The van der Waals surface area contributed by atoms with Gasteiger partial charge in [0.2, 0.25) is 0 Å². The molecule has 0 unspecified atom stereocenters. The maximum absolute atomic E-state index is 13.6. The molecule has 47 heavy (non-hydrogen) atoms. The van der Waals surface area contributed by atoms with Crippen LogP contribution in [-0.4, -0.2) is 51.8 Å². The van der Waals surface area contributed by atoms with Crippen molar-refractivity contribution in [3.8, 4) is 11.5 Å². The van der Waals surface area contributed by atoms with Crippen molar-refractivity contribution in [3.63, 3.8) is 0 Å². The Bertz CT molecular complexity index is 1490. The van der Waals surface area contributed by atoms with Gasteiger partial charge in [-0.05, 0) is 104 Å². The van der Waals surface area contributed by atoms with Crippen LogP contribution in [0.3, 0.4) is 0 Å². The van der Waals surface area contributed by atoms with E-state index >= 15 is 0 Å². The molecular weight excluding hydrogens is 615 g/mol. The van der Waals surface area contributed by atoms with Gasteiger partial charge < -0.3 is 19.3 Å². The van der Waals surface area contributed by atoms with E-state index in [1.54, 1.807) is 60.1 Å². The van der Waals surface area contributed by atoms with Crippen LogP contribution in [0.15, 0.2) is 59.5 Å². The van der Waals surface area contributed by atoms with Crippen molar-refractivity contribution in [2.24, 2.45) is 0 Å². The molecule has 0 spiro atoms. The Morgan fingerprint density at radius 1 is 0.745 bits per heavy atom. The lowest BCUT2D eigenvalue weighted by Gasteiger charge is -2.18. The maximum atomic E-state index is 13.6. The number of ether oxygens (including phenoxy) is 3. The lowest BCUT2D eigenvalue weighted by Crippen LogP contribution is -2.22. The molecule has 1 N–H and O–H groups in total. The predicted octanol–water partition coefficient (Wildman–Crippen LogP) is 9.41. The van der Waals surface area contributed by atoms with Crippen LogP contribution in [0.5, 0.6) is 11.5 Å². The molecule has 0 aromatic heterocycles. The minimum absolute atomic E-state index is 0.219. The molecule has 8 heteroatoms. The number of halogens is 1. The van der Waals surface area contributed by atoms with Crippen LogP contribution in [0.2, 0.25) is 0 Å². The van der Waals surface area contributed by atoms with Crippen molar-refractivity contribution in [2.45, 2.75) is 116 Å². The largest absolute Gasteiger partial charge is 0.493 e. The van der Waals surface area contributed by atoms with Gasteiger partial charge in [0.15, 0.2) is 21.3 Å². The zero-order valence-electron chi connectivity index (χ0n) is 30.9. The monoisotopic (exact) mass is 674 g/mol. The van der Waals surface area contributed by atoms with Crippen molar-refractivity contribution in [1.82, 2.24) is 0 Å². The minimum Gasteiger partial charge on any atom is -0.493 e. The van der Waals surface area contributed by atoms with E-state index in [-0.39, 0.29) is 11.1 Å². The topological polar surface area (TPSA) is 82.1 Å². The zero-order valence-corrected chi connectivity index (χ0v) is 31.7. The highest BCUT2D eigenvalue weighted by molar-refractivity contribution is 7.92. The van der Waals surface area contributed by atoms with E-state index in [2.05, 4.69) is 33.8 Å². The number of hydrogen-bond donors (Lipinski definition) is 1. The standard InChI is InChI=1S/C13H19FO.C13H20O3.C13H20O2S/c1-9(2)10-5-6-11(12(14)7-10)8-13(3,4)15;1-10(2)11-5-6-12(13(9-11)15-4)16-8-7-14-3;1-9(2)12-6-7-13(11(5)8-12)16(14,15)10(3)4/h5-7,9,15H,8H2,1-4H3;5-6,9-10H,7-8H2,1-4H3;6-10H,1-5H3. The number of methoxy groups -OCH3 is 2. The molecule has 3 aromatic carbocycles. The van der Waals surface area contributed by atoms with Gasteiger partial charge in [-0.25, -0.2) is 12.8 Å². The number of aryl methyl sites for hydroxylation is 1. The fourth-order valence-electron chi connectivity index (χ4n) is 4.53. The van der Waals surface area contributed by atoms with E-state index in [4.69, 9.17) is 14.2 Å². The average Bonchev–Trinajstić information content (AvgIpc) is 2.98. The summed E-state index contributed by atoms with van der Waals surface area (Å²) in [5, 5.41) is 9.24. The summed E-state index contributed by atoms with van der Waals surface area (Å²) in [5.74, 6) is 2.57. The van der Waals surface area contributed by atoms with Crippen LogP contribution in [-0.2, 0) is 21.0 Å². The van der Waals surface area contributed by atoms with Crippen LogP contribution in [0.25, 0.3) is 0 Å². The maximum Gasteiger partial charge on any atom is 0.180 e.